The highest BCUT2D eigenvalue weighted by Gasteiger charge is 2.37. The van der Waals surface area contributed by atoms with Gasteiger partial charge in [-0.2, -0.15) is 0 Å². The fourth-order valence-electron chi connectivity index (χ4n) is 4.12. The Hall–Kier alpha value is -2.28. The third kappa shape index (κ3) is 8.39. The monoisotopic (exact) mass is 509 g/mol. The lowest BCUT2D eigenvalue weighted by atomic mass is 9.98. The number of ether oxygens (including phenoxy) is 5. The predicted molar refractivity (Wildman–Crippen MR) is 130 cm³/mol. The zero-order valence-electron chi connectivity index (χ0n) is 21.3. The molecule has 36 heavy (non-hydrogen) atoms. The van der Waals surface area contributed by atoms with Gasteiger partial charge in [-0.25, -0.2) is 0 Å². The molecule has 1 aromatic rings. The molecule has 0 bridgehead atoms. The molecule has 0 spiro atoms. The summed E-state index contributed by atoms with van der Waals surface area (Å²) >= 11 is 0. The molecule has 2 fully saturated rings. The van der Waals surface area contributed by atoms with Crippen molar-refractivity contribution in [2.45, 2.75) is 69.8 Å². The quantitative estimate of drug-likeness (QED) is 0.288. The smallest absolute Gasteiger partial charge is 0.308 e. The molecule has 4 atom stereocenters. The van der Waals surface area contributed by atoms with Crippen molar-refractivity contribution >= 4 is 11.9 Å². The van der Waals surface area contributed by atoms with Crippen molar-refractivity contribution in [3.05, 3.63) is 29.8 Å². The van der Waals surface area contributed by atoms with Crippen molar-refractivity contribution < 1.29 is 38.4 Å². The summed E-state index contributed by atoms with van der Waals surface area (Å²) in [5.74, 6) is -1.05. The second-order valence-corrected chi connectivity index (χ2v) is 9.85. The van der Waals surface area contributed by atoms with Crippen LogP contribution < -0.4 is 16.2 Å². The van der Waals surface area contributed by atoms with Gasteiger partial charge in [-0.05, 0) is 43.9 Å². The maximum absolute atomic E-state index is 12.5. The lowest BCUT2D eigenvalue weighted by Gasteiger charge is -2.34. The van der Waals surface area contributed by atoms with E-state index in [1.165, 1.54) is 4.90 Å². The number of esters is 1. The van der Waals surface area contributed by atoms with E-state index in [9.17, 15) is 14.7 Å². The lowest BCUT2D eigenvalue weighted by Crippen LogP contribution is -2.59. The van der Waals surface area contributed by atoms with Gasteiger partial charge in [-0.3, -0.25) is 15.3 Å². The van der Waals surface area contributed by atoms with Crippen molar-refractivity contribution in [3.8, 4) is 5.75 Å². The van der Waals surface area contributed by atoms with Crippen LogP contribution in [0.15, 0.2) is 24.3 Å². The topological polar surface area (TPSA) is 156 Å². The van der Waals surface area contributed by atoms with E-state index in [0.29, 0.717) is 45.1 Å². The average molecular weight is 510 g/mol. The van der Waals surface area contributed by atoms with Crippen molar-refractivity contribution in [2.24, 2.45) is 11.5 Å². The number of amides is 1. The SMILES string of the molecule is C[C@@H](CC(=O)O[C@H]1COC(C)(C)O1)c1ccc(OCC[C@H](N)C[C@](N)(O)C(=O)N2CCOCC2)cc1. The molecular weight excluding hydrogens is 470 g/mol. The van der Waals surface area contributed by atoms with Gasteiger partial charge in [0.25, 0.3) is 5.91 Å². The first-order valence-electron chi connectivity index (χ1n) is 12.3. The van der Waals surface area contributed by atoms with E-state index in [4.69, 9.17) is 35.2 Å². The highest BCUT2D eigenvalue weighted by Crippen LogP contribution is 2.26. The van der Waals surface area contributed by atoms with Crippen LogP contribution >= 0.6 is 0 Å². The Balaban J connectivity index is 1.38. The van der Waals surface area contributed by atoms with Crippen LogP contribution in [0.1, 0.15) is 51.5 Å². The third-order valence-electron chi connectivity index (χ3n) is 6.17. The molecule has 1 amide bonds. The molecular formula is C25H39N3O8. The summed E-state index contributed by atoms with van der Waals surface area (Å²) in [7, 11) is 0. The number of rotatable bonds is 11. The van der Waals surface area contributed by atoms with E-state index < -0.39 is 29.8 Å². The molecule has 11 heteroatoms. The van der Waals surface area contributed by atoms with Gasteiger partial charge in [0, 0.05) is 25.6 Å². The first-order valence-corrected chi connectivity index (χ1v) is 12.3. The number of hydrogen-bond acceptors (Lipinski definition) is 10. The summed E-state index contributed by atoms with van der Waals surface area (Å²) in [6.45, 7) is 7.64. The van der Waals surface area contributed by atoms with E-state index in [1.54, 1.807) is 13.8 Å². The number of aliphatic hydroxyl groups is 1. The Kier molecular flexibility index (Phi) is 9.67. The van der Waals surface area contributed by atoms with Crippen LogP contribution in [0.25, 0.3) is 0 Å². The summed E-state index contributed by atoms with van der Waals surface area (Å²) in [4.78, 5) is 26.2. The van der Waals surface area contributed by atoms with Crippen LogP contribution in [0.2, 0.25) is 0 Å². The molecule has 2 heterocycles. The number of carbonyl (C=O) groups excluding carboxylic acids is 2. The first-order chi connectivity index (χ1) is 16.9. The maximum atomic E-state index is 12.5. The second kappa shape index (κ2) is 12.3. The summed E-state index contributed by atoms with van der Waals surface area (Å²) < 4.78 is 27.2. The molecule has 0 radical (unpaired) electrons. The Morgan fingerprint density at radius 3 is 2.53 bits per heavy atom. The van der Waals surface area contributed by atoms with Gasteiger partial charge < -0.3 is 39.4 Å². The van der Waals surface area contributed by atoms with E-state index in [1.807, 2.05) is 31.2 Å². The normalized spacial score (nSPS) is 22.9. The van der Waals surface area contributed by atoms with Gasteiger partial charge in [0.2, 0.25) is 6.29 Å². The van der Waals surface area contributed by atoms with E-state index >= 15 is 0 Å². The molecule has 0 aliphatic carbocycles. The van der Waals surface area contributed by atoms with Crippen molar-refractivity contribution in [1.29, 1.82) is 0 Å². The van der Waals surface area contributed by atoms with Crippen LogP contribution in [0.4, 0.5) is 0 Å². The van der Waals surface area contributed by atoms with Gasteiger partial charge >= 0.3 is 5.97 Å². The van der Waals surface area contributed by atoms with Gasteiger partial charge in [0.05, 0.1) is 26.2 Å². The van der Waals surface area contributed by atoms with Crippen LogP contribution in [-0.2, 0) is 28.5 Å². The number of benzene rings is 1. The Morgan fingerprint density at radius 1 is 1.25 bits per heavy atom. The van der Waals surface area contributed by atoms with Gasteiger partial charge in [0.1, 0.15) is 12.4 Å². The number of nitrogens with two attached hydrogens (primary N) is 2. The number of nitrogens with zero attached hydrogens (tertiary/aromatic N) is 1. The summed E-state index contributed by atoms with van der Waals surface area (Å²) in [6, 6.07) is 6.91. The molecule has 0 unspecified atom stereocenters. The summed E-state index contributed by atoms with van der Waals surface area (Å²) in [6.07, 6.45) is -0.145. The molecule has 0 saturated carbocycles. The van der Waals surface area contributed by atoms with Crippen molar-refractivity contribution in [1.82, 2.24) is 4.90 Å². The molecule has 202 valence electrons. The highest BCUT2D eigenvalue weighted by atomic mass is 16.8. The predicted octanol–water partition coefficient (Wildman–Crippen LogP) is 0.825. The van der Waals surface area contributed by atoms with Gasteiger partial charge in [0.15, 0.2) is 11.5 Å². The molecule has 1 aromatic carbocycles. The standard InChI is InChI=1S/C25H39N3O8/c1-17(14-21(29)35-22-16-34-24(2,3)36-22)18-4-6-20(7-5-18)33-11-8-19(26)15-25(27,31)23(30)28-9-12-32-13-10-28/h4-7,17,19,22,31H,8-16,26-27H2,1-3H3/t17-,19-,22+,25-/m0/s1. The number of carbonyl (C=O) groups is 2. The molecule has 2 saturated heterocycles. The average Bonchev–Trinajstić information content (AvgIpc) is 3.16. The Bertz CT molecular complexity index is 871. The molecule has 2 aliphatic heterocycles. The van der Waals surface area contributed by atoms with E-state index in [0.717, 1.165) is 5.56 Å². The van der Waals surface area contributed by atoms with E-state index in [2.05, 4.69) is 0 Å². The number of morpholine rings is 1. The Labute approximate surface area is 211 Å². The molecule has 0 aromatic heterocycles. The lowest BCUT2D eigenvalue weighted by molar-refractivity contribution is -0.197. The van der Waals surface area contributed by atoms with Crippen LogP contribution in [0.5, 0.6) is 5.75 Å². The first kappa shape index (κ1) is 28.3. The molecule has 5 N–H and O–H groups in total. The van der Waals surface area contributed by atoms with E-state index in [-0.39, 0.29) is 31.3 Å². The molecule has 2 aliphatic rings. The van der Waals surface area contributed by atoms with Gasteiger partial charge in [-0.1, -0.05) is 19.1 Å². The maximum Gasteiger partial charge on any atom is 0.308 e. The zero-order chi connectivity index (χ0) is 26.3. The minimum atomic E-state index is -2.02. The van der Waals surface area contributed by atoms with Crippen molar-refractivity contribution in [3.63, 3.8) is 0 Å². The van der Waals surface area contributed by atoms with Crippen molar-refractivity contribution in [2.75, 3.05) is 39.5 Å². The Morgan fingerprint density at radius 2 is 1.92 bits per heavy atom. The third-order valence-corrected chi connectivity index (χ3v) is 6.17. The molecule has 11 nitrogen and oxygen atoms in total. The minimum absolute atomic E-state index is 0.0541. The highest BCUT2D eigenvalue weighted by molar-refractivity contribution is 5.84. The summed E-state index contributed by atoms with van der Waals surface area (Å²) in [5.41, 5.74) is 10.9. The van der Waals surface area contributed by atoms with Crippen LogP contribution in [0.3, 0.4) is 0 Å². The fraction of sp³-hybridized carbons (Fsp3) is 0.680. The largest absolute Gasteiger partial charge is 0.494 e. The second-order valence-electron chi connectivity index (χ2n) is 9.85. The van der Waals surface area contributed by atoms with Crippen LogP contribution in [0, 0.1) is 0 Å². The number of hydrogen-bond donors (Lipinski definition) is 3. The minimum Gasteiger partial charge on any atom is -0.494 e. The fourth-order valence-corrected chi connectivity index (χ4v) is 4.12. The molecule has 3 rings (SSSR count). The van der Waals surface area contributed by atoms with Crippen LogP contribution in [-0.4, -0.2) is 85.2 Å². The zero-order valence-corrected chi connectivity index (χ0v) is 21.3. The van der Waals surface area contributed by atoms with Gasteiger partial charge in [-0.15, -0.1) is 0 Å². The summed E-state index contributed by atoms with van der Waals surface area (Å²) in [5, 5.41) is 10.4.